The summed E-state index contributed by atoms with van der Waals surface area (Å²) in [5, 5.41) is 12.6. The predicted molar refractivity (Wildman–Crippen MR) is 71.8 cm³/mol. The Morgan fingerprint density at radius 2 is 2.33 bits per heavy atom. The Bertz CT molecular complexity index is 436. The minimum absolute atomic E-state index is 0.544. The number of hydrogen-bond donors (Lipinski definition) is 1. The van der Waals surface area contributed by atoms with Gasteiger partial charge in [0.15, 0.2) is 0 Å². The molecule has 0 amide bonds. The van der Waals surface area contributed by atoms with Crippen LogP contribution >= 0.6 is 0 Å². The summed E-state index contributed by atoms with van der Waals surface area (Å²) in [5.41, 5.74) is 1.55. The van der Waals surface area contributed by atoms with Crippen molar-refractivity contribution in [2.45, 2.75) is 45.7 Å². The second-order valence-electron chi connectivity index (χ2n) is 5.22. The Labute approximate surface area is 109 Å². The van der Waals surface area contributed by atoms with Crippen molar-refractivity contribution in [1.29, 1.82) is 5.26 Å². The van der Waals surface area contributed by atoms with Crippen molar-refractivity contribution in [3.05, 3.63) is 29.6 Å². The standard InChI is InChI=1S/C15H21N3/c1-3-12-6-7-14(11(12)2)18-10-13-5-4-8-17-15(13)9-16/h4-5,8,11-12,14,18H,3,6-7,10H2,1-2H3. The number of aromatic nitrogens is 1. The van der Waals surface area contributed by atoms with Crippen molar-refractivity contribution in [2.75, 3.05) is 0 Å². The molecule has 1 N–H and O–H groups in total. The van der Waals surface area contributed by atoms with Gasteiger partial charge in [-0.05, 0) is 30.7 Å². The van der Waals surface area contributed by atoms with Crippen LogP contribution in [0.2, 0.25) is 0 Å². The maximum Gasteiger partial charge on any atom is 0.144 e. The van der Waals surface area contributed by atoms with Crippen LogP contribution in [0.1, 0.15) is 44.4 Å². The molecular weight excluding hydrogens is 222 g/mol. The zero-order valence-electron chi connectivity index (χ0n) is 11.2. The van der Waals surface area contributed by atoms with Crippen LogP contribution in [0.5, 0.6) is 0 Å². The van der Waals surface area contributed by atoms with Gasteiger partial charge in [0.05, 0.1) is 0 Å². The van der Waals surface area contributed by atoms with Gasteiger partial charge in [0.1, 0.15) is 11.8 Å². The minimum atomic E-state index is 0.544. The van der Waals surface area contributed by atoms with Crippen LogP contribution in [0.25, 0.3) is 0 Å². The van der Waals surface area contributed by atoms with Crippen molar-refractivity contribution in [3.63, 3.8) is 0 Å². The van der Waals surface area contributed by atoms with E-state index in [-0.39, 0.29) is 0 Å². The van der Waals surface area contributed by atoms with Crippen molar-refractivity contribution in [2.24, 2.45) is 11.8 Å². The van der Waals surface area contributed by atoms with E-state index in [0.717, 1.165) is 23.9 Å². The molecule has 0 bridgehead atoms. The highest BCUT2D eigenvalue weighted by atomic mass is 14.9. The highest BCUT2D eigenvalue weighted by molar-refractivity contribution is 5.30. The quantitative estimate of drug-likeness (QED) is 0.884. The van der Waals surface area contributed by atoms with E-state index >= 15 is 0 Å². The zero-order chi connectivity index (χ0) is 13.0. The molecule has 0 radical (unpaired) electrons. The summed E-state index contributed by atoms with van der Waals surface area (Å²) in [6, 6.07) is 6.61. The van der Waals surface area contributed by atoms with Crippen LogP contribution in [0.3, 0.4) is 0 Å². The highest BCUT2D eigenvalue weighted by Crippen LogP contribution is 2.33. The van der Waals surface area contributed by atoms with Gasteiger partial charge in [-0.25, -0.2) is 4.98 Å². The summed E-state index contributed by atoms with van der Waals surface area (Å²) in [4.78, 5) is 4.09. The average Bonchev–Trinajstić information content (AvgIpc) is 2.77. The highest BCUT2D eigenvalue weighted by Gasteiger charge is 2.30. The van der Waals surface area contributed by atoms with E-state index in [1.807, 2.05) is 12.1 Å². The first kappa shape index (κ1) is 13.0. The zero-order valence-corrected chi connectivity index (χ0v) is 11.2. The second-order valence-corrected chi connectivity index (χ2v) is 5.22. The average molecular weight is 243 g/mol. The summed E-state index contributed by atoms with van der Waals surface area (Å²) in [5.74, 6) is 1.59. The van der Waals surface area contributed by atoms with Gasteiger partial charge in [0, 0.05) is 24.3 Å². The van der Waals surface area contributed by atoms with Gasteiger partial charge in [0.2, 0.25) is 0 Å². The maximum absolute atomic E-state index is 9.00. The first-order chi connectivity index (χ1) is 8.76. The summed E-state index contributed by atoms with van der Waals surface area (Å²) < 4.78 is 0. The number of nitrogens with zero attached hydrogens (tertiary/aromatic N) is 2. The SMILES string of the molecule is CCC1CCC(NCc2cccnc2C#N)C1C. The minimum Gasteiger partial charge on any atom is -0.310 e. The van der Waals surface area contributed by atoms with E-state index in [9.17, 15) is 0 Å². The normalized spacial score (nSPS) is 27.1. The second kappa shape index (κ2) is 5.97. The first-order valence-corrected chi connectivity index (χ1v) is 6.83. The molecule has 18 heavy (non-hydrogen) atoms. The van der Waals surface area contributed by atoms with Gasteiger partial charge >= 0.3 is 0 Å². The fourth-order valence-corrected chi connectivity index (χ4v) is 3.03. The topological polar surface area (TPSA) is 48.7 Å². The number of hydrogen-bond acceptors (Lipinski definition) is 3. The number of rotatable bonds is 4. The molecule has 3 unspecified atom stereocenters. The van der Waals surface area contributed by atoms with Crippen molar-refractivity contribution in [1.82, 2.24) is 10.3 Å². The molecule has 0 aromatic carbocycles. The molecule has 1 aliphatic carbocycles. The van der Waals surface area contributed by atoms with E-state index in [4.69, 9.17) is 5.26 Å². The summed E-state index contributed by atoms with van der Waals surface area (Å²) in [6.07, 6.45) is 5.53. The van der Waals surface area contributed by atoms with Crippen LogP contribution in [-0.4, -0.2) is 11.0 Å². The Morgan fingerprint density at radius 1 is 1.50 bits per heavy atom. The lowest BCUT2D eigenvalue weighted by molar-refractivity contribution is 0.344. The van der Waals surface area contributed by atoms with Gasteiger partial charge < -0.3 is 5.32 Å². The van der Waals surface area contributed by atoms with E-state index < -0.39 is 0 Å². The molecule has 1 fully saturated rings. The first-order valence-electron chi connectivity index (χ1n) is 6.83. The Balaban J connectivity index is 1.95. The predicted octanol–water partition coefficient (Wildman–Crippen LogP) is 2.87. The molecular formula is C15H21N3. The molecule has 0 saturated heterocycles. The smallest absolute Gasteiger partial charge is 0.144 e. The largest absolute Gasteiger partial charge is 0.310 e. The third-order valence-electron chi connectivity index (χ3n) is 4.30. The lowest BCUT2D eigenvalue weighted by Gasteiger charge is -2.21. The molecule has 3 atom stereocenters. The van der Waals surface area contributed by atoms with E-state index in [0.29, 0.717) is 11.7 Å². The van der Waals surface area contributed by atoms with Crippen LogP contribution in [0.4, 0.5) is 0 Å². The molecule has 1 saturated carbocycles. The maximum atomic E-state index is 9.00. The van der Waals surface area contributed by atoms with Crippen molar-refractivity contribution < 1.29 is 0 Å². The van der Waals surface area contributed by atoms with Gasteiger partial charge in [-0.1, -0.05) is 26.3 Å². The van der Waals surface area contributed by atoms with Gasteiger partial charge in [0.25, 0.3) is 0 Å². The molecule has 2 rings (SSSR count). The molecule has 0 aliphatic heterocycles. The third kappa shape index (κ3) is 2.70. The van der Waals surface area contributed by atoms with Gasteiger partial charge in [-0.3, -0.25) is 0 Å². The monoisotopic (exact) mass is 243 g/mol. The molecule has 3 heteroatoms. The molecule has 96 valence electrons. The van der Waals surface area contributed by atoms with Gasteiger partial charge in [-0.15, -0.1) is 0 Å². The fraction of sp³-hybridized carbons (Fsp3) is 0.600. The number of nitriles is 1. The van der Waals surface area contributed by atoms with Crippen molar-refractivity contribution >= 4 is 0 Å². The Kier molecular flexibility index (Phi) is 4.33. The summed E-state index contributed by atoms with van der Waals surface area (Å²) in [6.45, 7) is 5.37. The Hall–Kier alpha value is -1.40. The van der Waals surface area contributed by atoms with E-state index in [1.54, 1.807) is 6.20 Å². The molecule has 1 aromatic rings. The molecule has 3 nitrogen and oxygen atoms in total. The van der Waals surface area contributed by atoms with Crippen LogP contribution in [-0.2, 0) is 6.54 Å². The van der Waals surface area contributed by atoms with Crippen molar-refractivity contribution in [3.8, 4) is 6.07 Å². The summed E-state index contributed by atoms with van der Waals surface area (Å²) >= 11 is 0. The molecule has 1 aromatic heterocycles. The lowest BCUT2D eigenvalue weighted by atomic mass is 9.93. The van der Waals surface area contributed by atoms with Crippen LogP contribution in [0.15, 0.2) is 18.3 Å². The van der Waals surface area contributed by atoms with Crippen LogP contribution < -0.4 is 5.32 Å². The van der Waals surface area contributed by atoms with Gasteiger partial charge in [-0.2, -0.15) is 5.26 Å². The molecule has 1 heterocycles. The Morgan fingerprint density at radius 3 is 3.00 bits per heavy atom. The number of pyridine rings is 1. The van der Waals surface area contributed by atoms with Crippen LogP contribution in [0, 0.1) is 23.2 Å². The number of nitrogens with one attached hydrogen (secondary N) is 1. The van der Waals surface area contributed by atoms with E-state index in [1.165, 1.54) is 19.3 Å². The fourth-order valence-electron chi connectivity index (χ4n) is 3.03. The molecule has 1 aliphatic rings. The lowest BCUT2D eigenvalue weighted by Crippen LogP contribution is -2.32. The third-order valence-corrected chi connectivity index (χ3v) is 4.30. The molecule has 0 spiro atoms. The van der Waals surface area contributed by atoms with E-state index in [2.05, 4.69) is 30.2 Å². The summed E-state index contributed by atoms with van der Waals surface area (Å²) in [7, 11) is 0.